The quantitative estimate of drug-likeness (QED) is 0.178. The Hall–Kier alpha value is -0.610. The average Bonchev–Trinajstić information content (AvgIpc) is 2.63. The predicted octanol–water partition coefficient (Wildman–Crippen LogP) is 0.125. The molecule has 0 amide bonds. The number of hydrogen-bond donors (Lipinski definition) is 4. The zero-order valence-electron chi connectivity index (χ0n) is 15.5. The van der Waals surface area contributed by atoms with Crippen molar-refractivity contribution >= 4 is 6.21 Å². The molecular formula is C17H38N4O4. The Morgan fingerprint density at radius 3 is 1.32 bits per heavy atom. The van der Waals surface area contributed by atoms with Crippen molar-refractivity contribution in [1.29, 1.82) is 5.41 Å². The van der Waals surface area contributed by atoms with Crippen molar-refractivity contribution < 1.29 is 18.9 Å². The largest absolute Gasteiger partial charge is 0.381 e. The fraction of sp³-hybridized carbons (Fsp3) is 0.941. The van der Waals surface area contributed by atoms with Gasteiger partial charge >= 0.3 is 0 Å². The van der Waals surface area contributed by atoms with E-state index < -0.39 is 0 Å². The molecule has 0 heterocycles. The summed E-state index contributed by atoms with van der Waals surface area (Å²) in [6.07, 6.45) is 4.37. The van der Waals surface area contributed by atoms with Crippen molar-refractivity contribution in [3.05, 3.63) is 0 Å². The smallest absolute Gasteiger partial charge is 0.0637 e. The van der Waals surface area contributed by atoms with Crippen molar-refractivity contribution in [3.8, 4) is 0 Å². The summed E-state index contributed by atoms with van der Waals surface area (Å²) in [4.78, 5) is 0. The first-order valence-electron chi connectivity index (χ1n) is 9.15. The first-order chi connectivity index (χ1) is 12.2. The Balaban J connectivity index is 4.64. The molecule has 0 rings (SSSR count). The van der Waals surface area contributed by atoms with Gasteiger partial charge in [0.2, 0.25) is 0 Å². The SMILES string of the molecule is N=CCCOCC(COCCCN)(COCCCN)COCCCN. The lowest BCUT2D eigenvalue weighted by Crippen LogP contribution is -2.42. The maximum Gasteiger partial charge on any atom is 0.0637 e. The summed E-state index contributed by atoms with van der Waals surface area (Å²) in [6, 6.07) is 0. The Morgan fingerprint density at radius 1 is 0.640 bits per heavy atom. The molecule has 0 bridgehead atoms. The Kier molecular flexibility index (Phi) is 17.7. The number of ether oxygens (including phenoxy) is 4. The van der Waals surface area contributed by atoms with E-state index in [1.54, 1.807) is 0 Å². The highest BCUT2D eigenvalue weighted by Crippen LogP contribution is 2.21. The summed E-state index contributed by atoms with van der Waals surface area (Å²) >= 11 is 0. The first kappa shape index (κ1) is 24.4. The van der Waals surface area contributed by atoms with E-state index in [0.29, 0.717) is 78.9 Å². The highest BCUT2D eigenvalue weighted by molar-refractivity contribution is 5.52. The molecule has 0 aromatic rings. The molecule has 0 spiro atoms. The van der Waals surface area contributed by atoms with Crippen molar-refractivity contribution in [1.82, 2.24) is 0 Å². The van der Waals surface area contributed by atoms with Crippen LogP contribution in [0.15, 0.2) is 0 Å². The van der Waals surface area contributed by atoms with Crippen LogP contribution >= 0.6 is 0 Å². The lowest BCUT2D eigenvalue weighted by Gasteiger charge is -2.33. The number of hydrogen-bond acceptors (Lipinski definition) is 8. The topological polar surface area (TPSA) is 139 Å². The number of rotatable bonds is 20. The second-order valence-electron chi connectivity index (χ2n) is 6.13. The Labute approximate surface area is 152 Å². The van der Waals surface area contributed by atoms with Crippen LogP contribution in [-0.4, -0.2) is 78.7 Å². The van der Waals surface area contributed by atoms with Crippen molar-refractivity contribution in [2.24, 2.45) is 22.6 Å². The highest BCUT2D eigenvalue weighted by atomic mass is 16.5. The standard InChI is InChI=1S/C17H38N4O4/c18-5-1-9-22-13-17(14-23-10-2-6-19,15-24-11-3-7-20)16-25-12-4-8-21/h5,18H,1-4,6-16,19-21H2. The highest BCUT2D eigenvalue weighted by Gasteiger charge is 2.32. The van der Waals surface area contributed by atoms with E-state index in [2.05, 4.69) is 0 Å². The van der Waals surface area contributed by atoms with Gasteiger partial charge in [-0.15, -0.1) is 0 Å². The summed E-state index contributed by atoms with van der Waals surface area (Å²) in [5.74, 6) is 0. The van der Waals surface area contributed by atoms with Gasteiger partial charge in [-0.1, -0.05) is 0 Å². The third-order valence-corrected chi connectivity index (χ3v) is 3.52. The molecule has 0 saturated heterocycles. The second-order valence-corrected chi connectivity index (χ2v) is 6.13. The van der Waals surface area contributed by atoms with E-state index in [-0.39, 0.29) is 5.41 Å². The monoisotopic (exact) mass is 362 g/mol. The lowest BCUT2D eigenvalue weighted by atomic mass is 9.92. The zero-order chi connectivity index (χ0) is 18.6. The van der Waals surface area contributed by atoms with E-state index in [1.807, 2.05) is 0 Å². The average molecular weight is 363 g/mol. The molecule has 0 aromatic heterocycles. The van der Waals surface area contributed by atoms with Crippen LogP contribution in [0.2, 0.25) is 0 Å². The third-order valence-electron chi connectivity index (χ3n) is 3.52. The second kappa shape index (κ2) is 18.2. The van der Waals surface area contributed by atoms with E-state index >= 15 is 0 Å². The van der Waals surface area contributed by atoms with Gasteiger partial charge in [0.05, 0.1) is 38.4 Å². The van der Waals surface area contributed by atoms with Crippen LogP contribution in [0.25, 0.3) is 0 Å². The van der Waals surface area contributed by atoms with Crippen molar-refractivity contribution in [3.63, 3.8) is 0 Å². The summed E-state index contributed by atoms with van der Waals surface area (Å²) in [5, 5.41) is 7.09. The molecule has 0 fully saturated rings. The van der Waals surface area contributed by atoms with Gasteiger partial charge in [0, 0.05) is 26.2 Å². The molecule has 8 heteroatoms. The Morgan fingerprint density at radius 2 is 1.00 bits per heavy atom. The third kappa shape index (κ3) is 14.3. The molecule has 0 aromatic carbocycles. The molecule has 7 N–H and O–H groups in total. The van der Waals surface area contributed by atoms with Gasteiger partial charge < -0.3 is 41.6 Å². The van der Waals surface area contributed by atoms with Crippen LogP contribution in [0.1, 0.15) is 25.7 Å². The van der Waals surface area contributed by atoms with Crippen LogP contribution in [-0.2, 0) is 18.9 Å². The van der Waals surface area contributed by atoms with Gasteiger partial charge in [0.1, 0.15) is 0 Å². The number of nitrogens with two attached hydrogens (primary N) is 3. The van der Waals surface area contributed by atoms with Gasteiger partial charge in [-0.2, -0.15) is 0 Å². The van der Waals surface area contributed by atoms with Crippen LogP contribution in [0.5, 0.6) is 0 Å². The molecule has 0 radical (unpaired) electrons. The van der Waals surface area contributed by atoms with E-state index in [1.165, 1.54) is 6.21 Å². The van der Waals surface area contributed by atoms with Crippen LogP contribution < -0.4 is 17.2 Å². The molecular weight excluding hydrogens is 324 g/mol. The van der Waals surface area contributed by atoms with Crippen molar-refractivity contribution in [2.45, 2.75) is 25.7 Å². The summed E-state index contributed by atoms with van der Waals surface area (Å²) in [6.45, 7) is 5.98. The Bertz CT molecular complexity index is 265. The first-order valence-corrected chi connectivity index (χ1v) is 9.15. The van der Waals surface area contributed by atoms with Crippen LogP contribution in [0, 0.1) is 10.8 Å². The van der Waals surface area contributed by atoms with Crippen LogP contribution in [0.3, 0.4) is 0 Å². The molecule has 0 aliphatic heterocycles. The molecule has 0 aliphatic carbocycles. The minimum Gasteiger partial charge on any atom is -0.381 e. The molecule has 150 valence electrons. The zero-order valence-corrected chi connectivity index (χ0v) is 15.5. The van der Waals surface area contributed by atoms with Gasteiger partial charge in [0.25, 0.3) is 0 Å². The maximum atomic E-state index is 7.09. The van der Waals surface area contributed by atoms with E-state index in [9.17, 15) is 0 Å². The minimum absolute atomic E-state index is 0.389. The minimum atomic E-state index is -0.389. The fourth-order valence-electron chi connectivity index (χ4n) is 2.10. The molecule has 8 nitrogen and oxygen atoms in total. The molecule has 0 saturated carbocycles. The van der Waals surface area contributed by atoms with E-state index in [4.69, 9.17) is 41.6 Å². The van der Waals surface area contributed by atoms with Crippen LogP contribution in [0.4, 0.5) is 0 Å². The van der Waals surface area contributed by atoms with Crippen molar-refractivity contribution in [2.75, 3.05) is 72.5 Å². The summed E-state index contributed by atoms with van der Waals surface area (Å²) in [5.41, 5.74) is 16.2. The van der Waals surface area contributed by atoms with Gasteiger partial charge in [-0.05, 0) is 45.1 Å². The fourth-order valence-corrected chi connectivity index (χ4v) is 2.10. The molecule has 0 atom stereocenters. The summed E-state index contributed by atoms with van der Waals surface area (Å²) < 4.78 is 23.1. The molecule has 0 unspecified atom stereocenters. The van der Waals surface area contributed by atoms with Gasteiger partial charge in [-0.25, -0.2) is 0 Å². The lowest BCUT2D eigenvalue weighted by molar-refractivity contribution is -0.106. The van der Waals surface area contributed by atoms with Gasteiger partial charge in [-0.3, -0.25) is 0 Å². The maximum absolute atomic E-state index is 7.09. The summed E-state index contributed by atoms with van der Waals surface area (Å²) in [7, 11) is 0. The van der Waals surface area contributed by atoms with Gasteiger partial charge in [0.15, 0.2) is 0 Å². The molecule has 25 heavy (non-hydrogen) atoms. The normalized spacial score (nSPS) is 11.8. The predicted molar refractivity (Wildman–Crippen MR) is 100 cm³/mol. The van der Waals surface area contributed by atoms with E-state index in [0.717, 1.165) is 19.3 Å². The number of nitrogens with one attached hydrogen (secondary N) is 1. The molecule has 0 aliphatic rings.